The van der Waals surface area contributed by atoms with E-state index in [1.807, 2.05) is 47.1 Å². The first-order chi connectivity index (χ1) is 22.2. The van der Waals surface area contributed by atoms with Crippen molar-refractivity contribution in [3.8, 4) is 11.3 Å². The number of anilines is 2. The Balaban J connectivity index is 1.20. The minimum Gasteiger partial charge on any atom is -0.371 e. The van der Waals surface area contributed by atoms with Crippen LogP contribution >= 0.6 is 23.1 Å². The molecule has 6 rings (SSSR count). The molecular formula is C32H32N10O2S2. The Hall–Kier alpha value is -4.95. The molecule has 3 aromatic heterocycles. The van der Waals surface area contributed by atoms with Crippen molar-refractivity contribution in [2.75, 3.05) is 22.9 Å². The number of aliphatic imine (C=N–C) groups is 1. The van der Waals surface area contributed by atoms with Crippen LogP contribution < -0.4 is 10.6 Å². The maximum absolute atomic E-state index is 11.9. The van der Waals surface area contributed by atoms with Gasteiger partial charge in [-0.25, -0.2) is 14.7 Å². The van der Waals surface area contributed by atoms with Crippen molar-refractivity contribution < 1.29 is 9.59 Å². The van der Waals surface area contributed by atoms with Crippen LogP contribution in [-0.2, 0) is 15.1 Å². The number of imidazole rings is 1. The summed E-state index contributed by atoms with van der Waals surface area (Å²) in [6, 6.07) is 17.9. The maximum atomic E-state index is 11.9. The van der Waals surface area contributed by atoms with Gasteiger partial charge in [0, 0.05) is 41.5 Å². The lowest BCUT2D eigenvalue weighted by Crippen LogP contribution is -2.29. The topological polar surface area (TPSA) is 144 Å². The third-order valence-electron chi connectivity index (χ3n) is 7.00. The summed E-state index contributed by atoms with van der Waals surface area (Å²) in [6.07, 6.45) is 4.51. The quantitative estimate of drug-likeness (QED) is 0.145. The number of allylic oxidation sites excluding steroid dienone is 4. The van der Waals surface area contributed by atoms with Crippen molar-refractivity contribution in [2.45, 2.75) is 39.3 Å². The van der Waals surface area contributed by atoms with E-state index in [1.54, 1.807) is 16.1 Å². The number of carbonyl (C=O) groups excluding carboxylic acids is 2. The van der Waals surface area contributed by atoms with Gasteiger partial charge in [0.2, 0.25) is 10.9 Å². The van der Waals surface area contributed by atoms with Gasteiger partial charge in [-0.3, -0.25) is 9.59 Å². The number of nitrogens with one attached hydrogen (secondary N) is 2. The average Bonchev–Trinajstić information content (AvgIpc) is 3.77. The zero-order valence-corrected chi connectivity index (χ0v) is 27.3. The second-order valence-electron chi connectivity index (χ2n) is 11.5. The van der Waals surface area contributed by atoms with Gasteiger partial charge >= 0.3 is 0 Å². The van der Waals surface area contributed by atoms with Crippen LogP contribution in [0.3, 0.4) is 0 Å². The fourth-order valence-corrected chi connectivity index (χ4v) is 6.44. The second-order valence-corrected chi connectivity index (χ2v) is 13.4. The lowest BCUT2D eigenvalue weighted by atomic mass is 10.0. The van der Waals surface area contributed by atoms with Gasteiger partial charge in [0.25, 0.3) is 0 Å². The molecule has 5 aromatic rings. The summed E-state index contributed by atoms with van der Waals surface area (Å²) in [5.74, 6) is 1.68. The first-order valence-electron chi connectivity index (χ1n) is 14.6. The fraction of sp³-hybridized carbons (Fsp3) is 0.250. The highest BCUT2D eigenvalue weighted by Crippen LogP contribution is 2.33. The molecule has 1 aliphatic carbocycles. The molecule has 2 aromatic carbocycles. The molecule has 0 spiro atoms. The van der Waals surface area contributed by atoms with E-state index >= 15 is 0 Å². The molecule has 3 heterocycles. The number of nitrogens with zero attached hydrogens (tertiary/aromatic N) is 8. The fourth-order valence-electron chi connectivity index (χ4n) is 4.94. The maximum Gasteiger partial charge on any atom is 0.243 e. The Morgan fingerprint density at radius 1 is 1.09 bits per heavy atom. The predicted octanol–water partition coefficient (Wildman–Crippen LogP) is 5.56. The average molecular weight is 653 g/mol. The third-order valence-corrected chi connectivity index (χ3v) is 8.72. The molecule has 1 amide bonds. The lowest BCUT2D eigenvalue weighted by molar-refractivity contribution is -0.115. The minimum absolute atomic E-state index is 0.124. The molecule has 2 N–H and O–H groups in total. The van der Waals surface area contributed by atoms with E-state index in [9.17, 15) is 9.59 Å². The number of hydrogen-bond acceptors (Lipinski definition) is 11. The van der Waals surface area contributed by atoms with Crippen LogP contribution in [0.4, 0.5) is 11.5 Å². The zero-order valence-electron chi connectivity index (χ0n) is 25.7. The normalized spacial score (nSPS) is 14.9. The summed E-state index contributed by atoms with van der Waals surface area (Å²) in [5, 5.41) is 24.3. The van der Waals surface area contributed by atoms with Crippen molar-refractivity contribution in [2.24, 2.45) is 4.99 Å². The molecule has 46 heavy (non-hydrogen) atoms. The standard InChI is InChI=1S/C32H32N10O2S2/c1-20(43)35-25-15-14-24(44)18-26(25)45-17-16-33-29-27(37-31-41(29)34-19-46-31)22-10-12-23(13-11-22)36-28(21-8-6-5-7-9-21)30-38-39-40-42(30)32(2,3)4/h5-15,18-19,28,33,36H,16-17H2,1-4H3. The molecule has 0 saturated carbocycles. The molecule has 0 bridgehead atoms. The van der Waals surface area contributed by atoms with E-state index in [0.29, 0.717) is 22.9 Å². The Bertz CT molecular complexity index is 1960. The van der Waals surface area contributed by atoms with E-state index in [1.165, 1.54) is 42.2 Å². The van der Waals surface area contributed by atoms with E-state index in [0.717, 1.165) is 39.1 Å². The van der Waals surface area contributed by atoms with Crippen molar-refractivity contribution >= 4 is 57.0 Å². The Morgan fingerprint density at radius 2 is 1.87 bits per heavy atom. The first kappa shape index (κ1) is 31.0. The Morgan fingerprint density at radius 3 is 2.61 bits per heavy atom. The van der Waals surface area contributed by atoms with Gasteiger partial charge in [-0.05, 0) is 61.0 Å². The molecule has 1 atom stereocenters. The number of benzene rings is 2. The summed E-state index contributed by atoms with van der Waals surface area (Å²) in [4.78, 5) is 33.8. The number of carbonyl (C=O) groups is 2. The summed E-state index contributed by atoms with van der Waals surface area (Å²) in [6.45, 7) is 8.17. The number of amides is 1. The summed E-state index contributed by atoms with van der Waals surface area (Å²) < 4.78 is 3.65. The van der Waals surface area contributed by atoms with Gasteiger partial charge in [0.05, 0.1) is 11.3 Å². The van der Waals surface area contributed by atoms with Crippen molar-refractivity contribution in [1.29, 1.82) is 0 Å². The lowest BCUT2D eigenvalue weighted by Gasteiger charge is -2.25. The van der Waals surface area contributed by atoms with E-state index < -0.39 is 0 Å². The second kappa shape index (κ2) is 13.2. The Labute approximate surface area is 273 Å². The largest absolute Gasteiger partial charge is 0.371 e. The van der Waals surface area contributed by atoms with Crippen LogP contribution in [0.2, 0.25) is 0 Å². The number of rotatable bonds is 10. The first-order valence-corrected chi connectivity index (χ1v) is 16.5. The van der Waals surface area contributed by atoms with Gasteiger partial charge in [-0.1, -0.05) is 53.8 Å². The minimum atomic E-state index is -0.310. The molecule has 0 radical (unpaired) electrons. The molecule has 234 valence electrons. The summed E-state index contributed by atoms with van der Waals surface area (Å²) in [7, 11) is 0. The van der Waals surface area contributed by atoms with Crippen molar-refractivity contribution in [3.63, 3.8) is 0 Å². The molecule has 1 aliphatic rings. The molecule has 0 aliphatic heterocycles. The monoisotopic (exact) mass is 652 g/mol. The zero-order chi connectivity index (χ0) is 32.3. The number of thioether (sulfide) groups is 1. The molecule has 0 saturated heterocycles. The van der Waals surface area contributed by atoms with Crippen LogP contribution in [0, 0.1) is 0 Å². The number of ketones is 1. The van der Waals surface area contributed by atoms with Crippen molar-refractivity contribution in [1.82, 2.24) is 34.8 Å². The molecule has 1 unspecified atom stereocenters. The summed E-state index contributed by atoms with van der Waals surface area (Å²) in [5.41, 5.74) is 5.61. The molecular weight excluding hydrogens is 621 g/mol. The molecule has 0 fully saturated rings. The SMILES string of the molecule is CC(=O)N=C1C=CC(=O)C=C1SCCNc1c(-c2ccc(NC(c3ccccc3)c3nnnn3C(C)(C)C)cc2)nc2scnn12. The smallest absolute Gasteiger partial charge is 0.243 e. The van der Waals surface area contributed by atoms with Crippen LogP contribution in [0.25, 0.3) is 16.2 Å². The van der Waals surface area contributed by atoms with Gasteiger partial charge in [-0.2, -0.15) is 9.61 Å². The van der Waals surface area contributed by atoms with Gasteiger partial charge in [-0.15, -0.1) is 16.9 Å². The van der Waals surface area contributed by atoms with Gasteiger partial charge < -0.3 is 10.6 Å². The van der Waals surface area contributed by atoms with Gasteiger partial charge in [0.15, 0.2) is 17.4 Å². The van der Waals surface area contributed by atoms with Gasteiger partial charge in [0.1, 0.15) is 17.2 Å². The number of aromatic nitrogens is 7. The highest BCUT2D eigenvalue weighted by molar-refractivity contribution is 8.04. The van der Waals surface area contributed by atoms with E-state index in [4.69, 9.17) is 4.98 Å². The van der Waals surface area contributed by atoms with E-state index in [-0.39, 0.29) is 23.3 Å². The number of fused-ring (bicyclic) bond motifs is 1. The van der Waals surface area contributed by atoms with Crippen LogP contribution in [0.5, 0.6) is 0 Å². The number of hydrogen-bond donors (Lipinski definition) is 2. The highest BCUT2D eigenvalue weighted by Gasteiger charge is 2.27. The number of tetrazole rings is 1. The molecule has 12 nitrogen and oxygen atoms in total. The van der Waals surface area contributed by atoms with Crippen molar-refractivity contribution in [3.05, 3.63) is 94.6 Å². The Kier molecular flexibility index (Phi) is 8.90. The van der Waals surface area contributed by atoms with Crippen LogP contribution in [-0.4, -0.2) is 64.5 Å². The van der Waals surface area contributed by atoms with Crippen LogP contribution in [0.1, 0.15) is 45.1 Å². The van der Waals surface area contributed by atoms with E-state index in [2.05, 4.69) is 69.2 Å². The van der Waals surface area contributed by atoms with Crippen LogP contribution in [0.15, 0.2) is 88.2 Å². The predicted molar refractivity (Wildman–Crippen MR) is 182 cm³/mol. The highest BCUT2D eigenvalue weighted by atomic mass is 32.2. The third kappa shape index (κ3) is 6.82. The molecule has 14 heteroatoms. The summed E-state index contributed by atoms with van der Waals surface area (Å²) >= 11 is 2.92.